The Morgan fingerprint density at radius 2 is 1.94 bits per heavy atom. The van der Waals surface area contributed by atoms with Crippen molar-refractivity contribution in [2.45, 2.75) is 75.7 Å². The summed E-state index contributed by atoms with van der Waals surface area (Å²) in [6, 6.07) is 7.41. The standard InChI is InChI=1S/C24H36N6O4S/c1-5-34-16(3)19(26-21(31)15(2)25-4)24(33)30-14-10-9-13-18(30)22(32)27-23-20(28-29-35-23)17-11-7-6-8-12-17/h6-8,11-12,15-16,18-20,23,25H,5,9-10,13-14H2,1-4H3,(H,26,31)(H,27,32)/t15-,16-,18?,19?,20?,23?/m0/s1. The number of piperidine rings is 1. The lowest BCUT2D eigenvalue weighted by molar-refractivity contribution is -0.148. The zero-order valence-electron chi connectivity index (χ0n) is 20.8. The maximum absolute atomic E-state index is 13.7. The molecule has 0 bridgehead atoms. The smallest absolute Gasteiger partial charge is 0.248 e. The highest BCUT2D eigenvalue weighted by Gasteiger charge is 2.40. The molecule has 192 valence electrons. The monoisotopic (exact) mass is 504 g/mol. The van der Waals surface area contributed by atoms with E-state index in [1.807, 2.05) is 37.3 Å². The van der Waals surface area contributed by atoms with Gasteiger partial charge in [0.15, 0.2) is 0 Å². The highest BCUT2D eigenvalue weighted by Crippen LogP contribution is 2.36. The summed E-state index contributed by atoms with van der Waals surface area (Å²) in [5.74, 6) is -0.844. The molecule has 1 aromatic carbocycles. The van der Waals surface area contributed by atoms with Crippen molar-refractivity contribution in [3.8, 4) is 0 Å². The van der Waals surface area contributed by atoms with Gasteiger partial charge in [-0.15, -0.1) is 4.52 Å². The Morgan fingerprint density at radius 3 is 2.63 bits per heavy atom. The van der Waals surface area contributed by atoms with E-state index in [9.17, 15) is 14.4 Å². The molecule has 1 saturated heterocycles. The van der Waals surface area contributed by atoms with Crippen LogP contribution >= 0.6 is 11.9 Å². The lowest BCUT2D eigenvalue weighted by atomic mass is 9.98. The summed E-state index contributed by atoms with van der Waals surface area (Å²) in [4.78, 5) is 41.3. The first-order valence-corrected chi connectivity index (χ1v) is 13.0. The van der Waals surface area contributed by atoms with Gasteiger partial charge in [-0.25, -0.2) is 0 Å². The van der Waals surface area contributed by atoms with Gasteiger partial charge in [0.25, 0.3) is 0 Å². The first-order valence-electron chi connectivity index (χ1n) is 12.2. The molecule has 11 heteroatoms. The van der Waals surface area contributed by atoms with E-state index >= 15 is 0 Å². The lowest BCUT2D eigenvalue weighted by Crippen LogP contribution is -2.62. The van der Waals surface area contributed by atoms with E-state index in [-0.39, 0.29) is 29.1 Å². The number of ether oxygens (including phenoxy) is 1. The Labute approximate surface area is 211 Å². The second kappa shape index (κ2) is 13.0. The minimum atomic E-state index is -0.894. The van der Waals surface area contributed by atoms with Crippen molar-refractivity contribution >= 4 is 29.7 Å². The van der Waals surface area contributed by atoms with Crippen LogP contribution in [0.4, 0.5) is 0 Å². The number of nitrogens with zero attached hydrogens (tertiary/aromatic N) is 3. The van der Waals surface area contributed by atoms with Crippen LogP contribution in [0.2, 0.25) is 0 Å². The first-order chi connectivity index (χ1) is 16.9. The molecule has 6 atom stereocenters. The van der Waals surface area contributed by atoms with Crippen molar-refractivity contribution in [2.75, 3.05) is 20.2 Å². The number of rotatable bonds is 10. The molecule has 3 N–H and O–H groups in total. The Hall–Kier alpha value is -2.50. The highest BCUT2D eigenvalue weighted by atomic mass is 32.2. The van der Waals surface area contributed by atoms with Gasteiger partial charge in [0, 0.05) is 25.1 Å². The Morgan fingerprint density at radius 1 is 1.20 bits per heavy atom. The summed E-state index contributed by atoms with van der Waals surface area (Å²) < 4.78 is 9.77. The van der Waals surface area contributed by atoms with Gasteiger partial charge in [0.1, 0.15) is 23.5 Å². The molecule has 1 fully saturated rings. The summed E-state index contributed by atoms with van der Waals surface area (Å²) in [6.45, 7) is 6.17. The predicted molar refractivity (Wildman–Crippen MR) is 134 cm³/mol. The third-order valence-corrected chi connectivity index (χ3v) is 7.21. The highest BCUT2D eigenvalue weighted by molar-refractivity contribution is 7.98. The van der Waals surface area contributed by atoms with Crippen LogP contribution in [0.25, 0.3) is 0 Å². The van der Waals surface area contributed by atoms with Crippen molar-refractivity contribution in [1.29, 1.82) is 0 Å². The molecule has 0 spiro atoms. The molecule has 1 aromatic rings. The summed E-state index contributed by atoms with van der Waals surface area (Å²) in [7, 11) is 1.68. The first kappa shape index (κ1) is 27.1. The van der Waals surface area contributed by atoms with Crippen LogP contribution < -0.4 is 16.0 Å². The maximum atomic E-state index is 13.7. The number of hydrogen-bond acceptors (Lipinski definition) is 8. The molecular formula is C24H36N6O4S. The topological polar surface area (TPSA) is 124 Å². The third-order valence-electron chi connectivity index (χ3n) is 6.42. The van der Waals surface area contributed by atoms with Crippen molar-refractivity contribution < 1.29 is 19.1 Å². The molecule has 0 aliphatic carbocycles. The molecule has 0 saturated carbocycles. The van der Waals surface area contributed by atoms with Crippen LogP contribution in [-0.4, -0.2) is 72.4 Å². The van der Waals surface area contributed by atoms with Gasteiger partial charge in [-0.1, -0.05) is 30.3 Å². The molecule has 2 heterocycles. The van der Waals surface area contributed by atoms with Crippen LogP contribution in [0.1, 0.15) is 51.6 Å². The molecule has 2 aliphatic rings. The number of nitrogens with one attached hydrogen (secondary N) is 3. The van der Waals surface area contributed by atoms with E-state index < -0.39 is 24.2 Å². The summed E-state index contributed by atoms with van der Waals surface area (Å²) in [6.07, 6.45) is 1.64. The summed E-state index contributed by atoms with van der Waals surface area (Å²) in [5.41, 5.74) is 0.968. The van der Waals surface area contributed by atoms with Crippen LogP contribution in [0.3, 0.4) is 0 Å². The van der Waals surface area contributed by atoms with Crippen LogP contribution in [0.15, 0.2) is 40.0 Å². The number of hydrogen-bond donors (Lipinski definition) is 3. The normalized spacial score (nSPS) is 24.5. The zero-order valence-corrected chi connectivity index (χ0v) is 21.6. The van der Waals surface area contributed by atoms with Crippen LogP contribution in [-0.2, 0) is 19.1 Å². The van der Waals surface area contributed by atoms with Crippen LogP contribution in [0, 0.1) is 0 Å². The minimum Gasteiger partial charge on any atom is -0.376 e. The summed E-state index contributed by atoms with van der Waals surface area (Å²) in [5, 5.41) is 12.7. The fourth-order valence-corrected chi connectivity index (χ4v) is 5.03. The molecule has 10 nitrogen and oxygen atoms in total. The number of likely N-dealkylation sites (N-methyl/N-ethyl adjacent to an activating group) is 1. The van der Waals surface area contributed by atoms with E-state index in [4.69, 9.17) is 4.74 Å². The summed E-state index contributed by atoms with van der Waals surface area (Å²) >= 11 is 1.22. The van der Waals surface area contributed by atoms with Crippen molar-refractivity contribution in [3.63, 3.8) is 0 Å². The molecule has 2 aliphatic heterocycles. The predicted octanol–water partition coefficient (Wildman–Crippen LogP) is 2.18. The molecule has 0 aromatic heterocycles. The van der Waals surface area contributed by atoms with Gasteiger partial charge in [-0.05, 0) is 52.6 Å². The van der Waals surface area contributed by atoms with Crippen molar-refractivity contribution in [1.82, 2.24) is 20.9 Å². The number of benzene rings is 1. The van der Waals surface area contributed by atoms with Crippen molar-refractivity contribution in [3.05, 3.63) is 35.9 Å². The fraction of sp³-hybridized carbons (Fsp3) is 0.625. The zero-order chi connectivity index (χ0) is 25.4. The van der Waals surface area contributed by atoms with Gasteiger partial charge in [-0.2, -0.15) is 5.11 Å². The number of carbonyl (C=O) groups is 3. The van der Waals surface area contributed by atoms with E-state index in [1.54, 1.807) is 25.8 Å². The number of amides is 3. The average molecular weight is 505 g/mol. The quantitative estimate of drug-likeness (QED) is 0.420. The lowest BCUT2D eigenvalue weighted by Gasteiger charge is -2.38. The Bertz CT molecular complexity index is 901. The molecule has 4 unspecified atom stereocenters. The van der Waals surface area contributed by atoms with E-state index in [1.165, 1.54) is 11.9 Å². The molecule has 3 rings (SSSR count). The largest absolute Gasteiger partial charge is 0.376 e. The van der Waals surface area contributed by atoms with Gasteiger partial charge in [0.2, 0.25) is 17.7 Å². The van der Waals surface area contributed by atoms with Crippen molar-refractivity contribution in [2.24, 2.45) is 9.63 Å². The average Bonchev–Trinajstić information content (AvgIpc) is 3.34. The van der Waals surface area contributed by atoms with Gasteiger partial charge < -0.3 is 25.6 Å². The minimum absolute atomic E-state index is 0.235. The maximum Gasteiger partial charge on any atom is 0.248 e. The molecule has 0 radical (unpaired) electrons. The SMILES string of the molecule is CCO[C@@H](C)C(NC(=O)[C@H](C)NC)C(=O)N1CCCCC1C(=O)NC1SN=NC1c1ccccc1. The second-order valence-electron chi connectivity index (χ2n) is 8.79. The molecular weight excluding hydrogens is 468 g/mol. The second-order valence-corrected chi connectivity index (χ2v) is 9.67. The Balaban J connectivity index is 1.74. The number of carbonyl (C=O) groups excluding carboxylic acids is 3. The molecule has 35 heavy (non-hydrogen) atoms. The van der Waals surface area contributed by atoms with Gasteiger partial charge in [0.05, 0.1) is 12.1 Å². The third kappa shape index (κ3) is 6.80. The molecule has 3 amide bonds. The fourth-order valence-electron chi connectivity index (χ4n) is 4.28. The van der Waals surface area contributed by atoms with Gasteiger partial charge >= 0.3 is 0 Å². The van der Waals surface area contributed by atoms with E-state index in [0.717, 1.165) is 18.4 Å². The van der Waals surface area contributed by atoms with Gasteiger partial charge in [-0.3, -0.25) is 14.4 Å². The van der Waals surface area contributed by atoms with E-state index in [2.05, 4.69) is 25.6 Å². The Kier molecular flexibility index (Phi) is 10.1. The van der Waals surface area contributed by atoms with Crippen LogP contribution in [0.5, 0.6) is 0 Å². The number of likely N-dealkylation sites (tertiary alicyclic amines) is 1. The van der Waals surface area contributed by atoms with E-state index in [0.29, 0.717) is 19.6 Å².